The van der Waals surface area contributed by atoms with Crippen molar-refractivity contribution in [1.82, 2.24) is 10.2 Å². The lowest BCUT2D eigenvalue weighted by molar-refractivity contribution is -0.141. The van der Waals surface area contributed by atoms with Gasteiger partial charge in [-0.05, 0) is 55.0 Å². The van der Waals surface area contributed by atoms with Gasteiger partial charge in [0.25, 0.3) is 0 Å². The van der Waals surface area contributed by atoms with Crippen molar-refractivity contribution in [3.8, 4) is 0 Å². The number of hydrogen-bond donors (Lipinski definition) is 1. The maximum atomic E-state index is 13.5. The van der Waals surface area contributed by atoms with E-state index in [0.29, 0.717) is 25.8 Å². The van der Waals surface area contributed by atoms with E-state index in [-0.39, 0.29) is 17.9 Å². The topological polar surface area (TPSA) is 49.4 Å². The standard InChI is InChI=1S/C29H36N2O2/c1-5-22(4)30-29(33)27(6-2)31(20-23-12-9-11-21(3)19-23)28(32)18-17-25-15-10-14-24-13-7-8-16-26(24)25/h7-16,19,22,27H,5-6,17-18,20H2,1-4H3,(H,30,33)/t22-,27+/m0/s1. The molecular formula is C29H36N2O2. The molecule has 0 heterocycles. The van der Waals surface area contributed by atoms with E-state index in [4.69, 9.17) is 0 Å². The fourth-order valence-corrected chi connectivity index (χ4v) is 4.26. The Morgan fingerprint density at radius 2 is 1.67 bits per heavy atom. The van der Waals surface area contributed by atoms with Crippen LogP contribution >= 0.6 is 0 Å². The fraction of sp³-hybridized carbons (Fsp3) is 0.379. The molecule has 0 spiro atoms. The Balaban J connectivity index is 1.83. The second-order valence-electron chi connectivity index (χ2n) is 8.89. The number of nitrogens with one attached hydrogen (secondary N) is 1. The number of carbonyl (C=O) groups excluding carboxylic acids is 2. The van der Waals surface area contributed by atoms with Gasteiger partial charge in [-0.1, -0.05) is 86.1 Å². The van der Waals surface area contributed by atoms with E-state index in [0.717, 1.165) is 23.1 Å². The van der Waals surface area contributed by atoms with Crippen LogP contribution in [0.2, 0.25) is 0 Å². The normalized spacial score (nSPS) is 12.8. The summed E-state index contributed by atoms with van der Waals surface area (Å²) in [6.45, 7) is 8.50. The molecule has 4 nitrogen and oxygen atoms in total. The van der Waals surface area contributed by atoms with Crippen molar-refractivity contribution in [3.05, 3.63) is 83.4 Å². The van der Waals surface area contributed by atoms with Crippen LogP contribution in [0.3, 0.4) is 0 Å². The zero-order chi connectivity index (χ0) is 23.8. The third kappa shape index (κ3) is 6.44. The number of amides is 2. The molecule has 4 heteroatoms. The Labute approximate surface area is 198 Å². The minimum Gasteiger partial charge on any atom is -0.352 e. The SMILES string of the molecule is CC[C@H](C(=O)N[C@@H](C)CC)N(Cc1cccc(C)c1)C(=O)CCc1cccc2ccccc12. The lowest BCUT2D eigenvalue weighted by Crippen LogP contribution is -2.50. The lowest BCUT2D eigenvalue weighted by Gasteiger charge is -2.31. The monoisotopic (exact) mass is 444 g/mol. The number of benzene rings is 3. The third-order valence-corrected chi connectivity index (χ3v) is 6.31. The van der Waals surface area contributed by atoms with Crippen molar-refractivity contribution in [2.75, 3.05) is 0 Å². The summed E-state index contributed by atoms with van der Waals surface area (Å²) in [5.74, 6) is -0.0615. The predicted molar refractivity (Wildman–Crippen MR) is 136 cm³/mol. The molecule has 0 saturated heterocycles. The largest absolute Gasteiger partial charge is 0.352 e. The third-order valence-electron chi connectivity index (χ3n) is 6.31. The Bertz CT molecular complexity index is 1090. The predicted octanol–water partition coefficient (Wildman–Crippen LogP) is 5.80. The van der Waals surface area contributed by atoms with Crippen molar-refractivity contribution in [2.24, 2.45) is 0 Å². The minimum atomic E-state index is -0.487. The van der Waals surface area contributed by atoms with Gasteiger partial charge in [0.1, 0.15) is 6.04 Å². The first-order valence-electron chi connectivity index (χ1n) is 12.0. The molecule has 2 amide bonds. The number of rotatable bonds is 10. The average molecular weight is 445 g/mol. The molecule has 0 aliphatic heterocycles. The summed E-state index contributed by atoms with van der Waals surface area (Å²) in [4.78, 5) is 28.4. The van der Waals surface area contributed by atoms with Crippen LogP contribution in [-0.4, -0.2) is 28.8 Å². The molecule has 174 valence electrons. The highest BCUT2D eigenvalue weighted by molar-refractivity contribution is 5.89. The van der Waals surface area contributed by atoms with Crippen molar-refractivity contribution in [3.63, 3.8) is 0 Å². The average Bonchev–Trinajstić information content (AvgIpc) is 2.82. The van der Waals surface area contributed by atoms with E-state index in [1.165, 1.54) is 10.8 Å². The minimum absolute atomic E-state index is 0.00981. The molecule has 0 unspecified atom stereocenters. The van der Waals surface area contributed by atoms with Gasteiger partial charge in [-0.15, -0.1) is 0 Å². The molecule has 0 bridgehead atoms. The van der Waals surface area contributed by atoms with Crippen LogP contribution in [-0.2, 0) is 22.6 Å². The van der Waals surface area contributed by atoms with Crippen LogP contribution < -0.4 is 5.32 Å². The van der Waals surface area contributed by atoms with Gasteiger partial charge in [0.15, 0.2) is 0 Å². The smallest absolute Gasteiger partial charge is 0.243 e. The number of carbonyl (C=O) groups is 2. The van der Waals surface area contributed by atoms with Gasteiger partial charge in [-0.25, -0.2) is 0 Å². The van der Waals surface area contributed by atoms with Crippen LogP contribution in [0.1, 0.15) is 56.7 Å². The van der Waals surface area contributed by atoms with Gasteiger partial charge in [0.05, 0.1) is 0 Å². The van der Waals surface area contributed by atoms with Crippen molar-refractivity contribution in [2.45, 2.75) is 72.0 Å². The summed E-state index contributed by atoms with van der Waals surface area (Å²) < 4.78 is 0. The number of aryl methyl sites for hydroxylation is 2. The second kappa shape index (κ2) is 11.6. The molecular weight excluding hydrogens is 408 g/mol. The summed E-state index contributed by atoms with van der Waals surface area (Å²) in [7, 11) is 0. The van der Waals surface area contributed by atoms with Gasteiger partial charge in [-0.3, -0.25) is 9.59 Å². The number of nitrogens with zero attached hydrogens (tertiary/aromatic N) is 1. The Morgan fingerprint density at radius 1 is 0.939 bits per heavy atom. The summed E-state index contributed by atoms with van der Waals surface area (Å²) >= 11 is 0. The van der Waals surface area contributed by atoms with Crippen LogP contribution in [0, 0.1) is 6.92 Å². The molecule has 33 heavy (non-hydrogen) atoms. The van der Waals surface area contributed by atoms with Gasteiger partial charge >= 0.3 is 0 Å². The zero-order valence-corrected chi connectivity index (χ0v) is 20.3. The van der Waals surface area contributed by atoms with Crippen LogP contribution in [0.5, 0.6) is 0 Å². The fourth-order valence-electron chi connectivity index (χ4n) is 4.26. The van der Waals surface area contributed by atoms with E-state index in [1.54, 1.807) is 4.90 Å². The quantitative estimate of drug-likeness (QED) is 0.429. The molecule has 3 aromatic rings. The molecule has 0 radical (unpaired) electrons. The highest BCUT2D eigenvalue weighted by Crippen LogP contribution is 2.21. The summed E-state index contributed by atoms with van der Waals surface area (Å²) in [5, 5.41) is 5.44. The van der Waals surface area contributed by atoms with Crippen LogP contribution in [0.15, 0.2) is 66.7 Å². The van der Waals surface area contributed by atoms with E-state index in [9.17, 15) is 9.59 Å². The highest BCUT2D eigenvalue weighted by atomic mass is 16.2. The van der Waals surface area contributed by atoms with Crippen LogP contribution in [0.25, 0.3) is 10.8 Å². The molecule has 0 aliphatic rings. The maximum Gasteiger partial charge on any atom is 0.243 e. The molecule has 2 atom stereocenters. The van der Waals surface area contributed by atoms with E-state index in [1.807, 2.05) is 64.1 Å². The summed E-state index contributed by atoms with van der Waals surface area (Å²) in [6.07, 6.45) is 2.45. The van der Waals surface area contributed by atoms with Crippen LogP contribution in [0.4, 0.5) is 0 Å². The van der Waals surface area contributed by atoms with Crippen molar-refractivity contribution < 1.29 is 9.59 Å². The van der Waals surface area contributed by atoms with Gasteiger partial charge < -0.3 is 10.2 Å². The number of fused-ring (bicyclic) bond motifs is 1. The number of hydrogen-bond acceptors (Lipinski definition) is 2. The summed E-state index contributed by atoms with van der Waals surface area (Å²) in [6, 6.07) is 22.2. The molecule has 0 fully saturated rings. The van der Waals surface area contributed by atoms with Crippen molar-refractivity contribution >= 4 is 22.6 Å². The Kier molecular flexibility index (Phi) is 8.65. The van der Waals surface area contributed by atoms with Gasteiger partial charge in [-0.2, -0.15) is 0 Å². The second-order valence-corrected chi connectivity index (χ2v) is 8.89. The first-order valence-corrected chi connectivity index (χ1v) is 12.0. The molecule has 0 aromatic heterocycles. The van der Waals surface area contributed by atoms with Crippen molar-refractivity contribution in [1.29, 1.82) is 0 Å². The van der Waals surface area contributed by atoms with Gasteiger partial charge in [0.2, 0.25) is 11.8 Å². The Hall–Kier alpha value is -3.14. The molecule has 0 saturated carbocycles. The lowest BCUT2D eigenvalue weighted by atomic mass is 10.00. The summed E-state index contributed by atoms with van der Waals surface area (Å²) in [5.41, 5.74) is 3.35. The van der Waals surface area contributed by atoms with E-state index < -0.39 is 6.04 Å². The molecule has 0 aliphatic carbocycles. The Morgan fingerprint density at radius 3 is 2.39 bits per heavy atom. The molecule has 3 rings (SSSR count). The van der Waals surface area contributed by atoms with Gasteiger partial charge in [0, 0.05) is 19.0 Å². The zero-order valence-electron chi connectivity index (χ0n) is 20.3. The molecule has 3 aromatic carbocycles. The first-order chi connectivity index (χ1) is 15.9. The highest BCUT2D eigenvalue weighted by Gasteiger charge is 2.29. The van der Waals surface area contributed by atoms with E-state index >= 15 is 0 Å². The van der Waals surface area contributed by atoms with E-state index in [2.05, 4.69) is 35.6 Å². The maximum absolute atomic E-state index is 13.5. The molecule has 1 N–H and O–H groups in total. The first kappa shape index (κ1) is 24.5.